The van der Waals surface area contributed by atoms with Crippen LogP contribution in [0.1, 0.15) is 5.56 Å². The number of aryl methyl sites for hydroxylation is 1. The van der Waals surface area contributed by atoms with E-state index in [4.69, 9.17) is 9.47 Å². The van der Waals surface area contributed by atoms with E-state index in [1.54, 1.807) is 7.11 Å². The van der Waals surface area contributed by atoms with Gasteiger partial charge in [0.2, 0.25) is 5.91 Å². The minimum Gasteiger partial charge on any atom is -0.382 e. The van der Waals surface area contributed by atoms with Crippen molar-refractivity contribution in [1.29, 1.82) is 0 Å². The molecule has 0 aliphatic carbocycles. The second-order valence-corrected chi connectivity index (χ2v) is 4.20. The summed E-state index contributed by atoms with van der Waals surface area (Å²) in [5.41, 5.74) is 1.94. The number of anilines is 1. The molecule has 0 aliphatic heterocycles. The van der Waals surface area contributed by atoms with Gasteiger partial charge in [0, 0.05) is 19.3 Å². The Morgan fingerprint density at radius 3 is 2.84 bits per heavy atom. The van der Waals surface area contributed by atoms with Gasteiger partial charge < -0.3 is 20.1 Å². The molecule has 0 aromatic heterocycles. The van der Waals surface area contributed by atoms with Crippen molar-refractivity contribution in [2.75, 3.05) is 45.3 Å². The molecule has 0 aliphatic rings. The van der Waals surface area contributed by atoms with Gasteiger partial charge in [-0.2, -0.15) is 0 Å². The lowest BCUT2D eigenvalue weighted by atomic mass is 10.2. The van der Waals surface area contributed by atoms with Crippen LogP contribution in [0.3, 0.4) is 0 Å². The van der Waals surface area contributed by atoms with Gasteiger partial charge in [0.15, 0.2) is 0 Å². The average molecular weight is 266 g/mol. The first kappa shape index (κ1) is 15.6. The monoisotopic (exact) mass is 266 g/mol. The molecule has 1 aromatic carbocycles. The number of carbonyl (C=O) groups is 1. The first-order valence-corrected chi connectivity index (χ1v) is 6.36. The summed E-state index contributed by atoms with van der Waals surface area (Å²) in [7, 11) is 1.64. The second kappa shape index (κ2) is 9.49. The smallest absolute Gasteiger partial charge is 0.238 e. The van der Waals surface area contributed by atoms with Gasteiger partial charge in [-0.3, -0.25) is 4.79 Å². The SMILES string of the molecule is COCCOCCNCC(=O)Nc1cccc(C)c1. The standard InChI is InChI=1S/C14H22N2O3/c1-12-4-3-5-13(10-12)16-14(17)11-15-6-7-19-9-8-18-2/h3-5,10,15H,6-9,11H2,1-2H3,(H,16,17). The van der Waals surface area contributed by atoms with Crippen molar-refractivity contribution in [3.8, 4) is 0 Å². The first-order valence-electron chi connectivity index (χ1n) is 6.36. The van der Waals surface area contributed by atoms with Crippen LogP contribution >= 0.6 is 0 Å². The maximum absolute atomic E-state index is 11.6. The van der Waals surface area contributed by atoms with Crippen molar-refractivity contribution in [3.05, 3.63) is 29.8 Å². The van der Waals surface area contributed by atoms with E-state index >= 15 is 0 Å². The minimum absolute atomic E-state index is 0.0532. The van der Waals surface area contributed by atoms with Crippen molar-refractivity contribution >= 4 is 11.6 Å². The summed E-state index contributed by atoms with van der Waals surface area (Å²) in [6, 6.07) is 7.72. The van der Waals surface area contributed by atoms with E-state index in [1.165, 1.54) is 0 Å². The Bertz CT molecular complexity index is 383. The normalized spacial score (nSPS) is 10.4. The van der Waals surface area contributed by atoms with E-state index in [9.17, 15) is 4.79 Å². The van der Waals surface area contributed by atoms with Crippen molar-refractivity contribution in [3.63, 3.8) is 0 Å². The van der Waals surface area contributed by atoms with Crippen LogP contribution < -0.4 is 10.6 Å². The molecule has 0 radical (unpaired) electrons. The Morgan fingerprint density at radius 2 is 2.11 bits per heavy atom. The molecule has 0 unspecified atom stereocenters. The number of rotatable bonds is 9. The zero-order valence-corrected chi connectivity index (χ0v) is 11.6. The number of nitrogens with one attached hydrogen (secondary N) is 2. The molecule has 0 heterocycles. The van der Waals surface area contributed by atoms with Gasteiger partial charge in [-0.05, 0) is 24.6 Å². The maximum atomic E-state index is 11.6. The zero-order valence-electron chi connectivity index (χ0n) is 11.6. The average Bonchev–Trinajstić information content (AvgIpc) is 2.37. The number of hydrogen-bond acceptors (Lipinski definition) is 4. The third-order valence-electron chi connectivity index (χ3n) is 2.44. The number of carbonyl (C=O) groups excluding carboxylic acids is 1. The second-order valence-electron chi connectivity index (χ2n) is 4.20. The van der Waals surface area contributed by atoms with Crippen molar-refractivity contribution < 1.29 is 14.3 Å². The van der Waals surface area contributed by atoms with Crippen LogP contribution in [0.2, 0.25) is 0 Å². The first-order chi connectivity index (χ1) is 9.22. The molecule has 106 valence electrons. The Labute approximate surface area is 114 Å². The molecule has 0 saturated heterocycles. The molecule has 1 aromatic rings. The van der Waals surface area contributed by atoms with Crippen LogP contribution in [0, 0.1) is 6.92 Å². The van der Waals surface area contributed by atoms with Crippen LogP contribution in [-0.4, -0.2) is 45.9 Å². The van der Waals surface area contributed by atoms with Gasteiger partial charge in [0.05, 0.1) is 26.4 Å². The molecule has 2 N–H and O–H groups in total. The van der Waals surface area contributed by atoms with Gasteiger partial charge in [0.1, 0.15) is 0 Å². The third kappa shape index (κ3) is 7.56. The molecular formula is C14H22N2O3. The molecule has 19 heavy (non-hydrogen) atoms. The molecular weight excluding hydrogens is 244 g/mol. The van der Waals surface area contributed by atoms with Gasteiger partial charge in [-0.1, -0.05) is 12.1 Å². The Balaban J connectivity index is 2.08. The fourth-order valence-corrected chi connectivity index (χ4v) is 1.52. The number of hydrogen-bond donors (Lipinski definition) is 2. The lowest BCUT2D eigenvalue weighted by Crippen LogP contribution is -2.30. The Morgan fingerprint density at radius 1 is 1.26 bits per heavy atom. The fourth-order valence-electron chi connectivity index (χ4n) is 1.52. The van der Waals surface area contributed by atoms with Crippen LogP contribution in [0.25, 0.3) is 0 Å². The number of ether oxygens (including phenoxy) is 2. The highest BCUT2D eigenvalue weighted by Gasteiger charge is 2.01. The predicted octanol–water partition coefficient (Wildman–Crippen LogP) is 1.19. The number of benzene rings is 1. The summed E-state index contributed by atoms with van der Waals surface area (Å²) in [5, 5.41) is 5.85. The third-order valence-corrected chi connectivity index (χ3v) is 2.44. The van der Waals surface area contributed by atoms with Crippen LogP contribution in [-0.2, 0) is 14.3 Å². The quantitative estimate of drug-likeness (QED) is 0.659. The summed E-state index contributed by atoms with van der Waals surface area (Å²) in [6.07, 6.45) is 0. The zero-order chi connectivity index (χ0) is 13.9. The van der Waals surface area contributed by atoms with E-state index in [-0.39, 0.29) is 12.5 Å². The Hall–Kier alpha value is -1.43. The largest absolute Gasteiger partial charge is 0.382 e. The molecule has 5 nitrogen and oxygen atoms in total. The van der Waals surface area contributed by atoms with Crippen LogP contribution in [0.4, 0.5) is 5.69 Å². The summed E-state index contributed by atoms with van der Waals surface area (Å²) in [6.45, 7) is 4.65. The molecule has 0 spiro atoms. The molecule has 1 rings (SSSR count). The van der Waals surface area contributed by atoms with E-state index in [0.29, 0.717) is 26.4 Å². The van der Waals surface area contributed by atoms with Crippen molar-refractivity contribution in [1.82, 2.24) is 5.32 Å². The van der Waals surface area contributed by atoms with E-state index < -0.39 is 0 Å². The fraction of sp³-hybridized carbons (Fsp3) is 0.500. The number of methoxy groups -OCH3 is 1. The van der Waals surface area contributed by atoms with Gasteiger partial charge >= 0.3 is 0 Å². The summed E-state index contributed by atoms with van der Waals surface area (Å²) in [5.74, 6) is -0.0532. The van der Waals surface area contributed by atoms with E-state index in [0.717, 1.165) is 11.3 Å². The van der Waals surface area contributed by atoms with Gasteiger partial charge in [-0.25, -0.2) is 0 Å². The topological polar surface area (TPSA) is 59.6 Å². The molecule has 5 heteroatoms. The van der Waals surface area contributed by atoms with Crippen molar-refractivity contribution in [2.45, 2.75) is 6.92 Å². The molecule has 0 saturated carbocycles. The van der Waals surface area contributed by atoms with Crippen LogP contribution in [0.5, 0.6) is 0 Å². The van der Waals surface area contributed by atoms with Crippen molar-refractivity contribution in [2.24, 2.45) is 0 Å². The van der Waals surface area contributed by atoms with E-state index in [2.05, 4.69) is 10.6 Å². The molecule has 0 fully saturated rings. The highest BCUT2D eigenvalue weighted by atomic mass is 16.5. The maximum Gasteiger partial charge on any atom is 0.238 e. The minimum atomic E-state index is -0.0532. The summed E-state index contributed by atoms with van der Waals surface area (Å²) >= 11 is 0. The molecule has 0 atom stereocenters. The van der Waals surface area contributed by atoms with E-state index in [1.807, 2.05) is 31.2 Å². The van der Waals surface area contributed by atoms with Gasteiger partial charge in [-0.15, -0.1) is 0 Å². The lowest BCUT2D eigenvalue weighted by Gasteiger charge is -2.07. The Kier molecular flexibility index (Phi) is 7.81. The summed E-state index contributed by atoms with van der Waals surface area (Å²) in [4.78, 5) is 11.6. The lowest BCUT2D eigenvalue weighted by molar-refractivity contribution is -0.115. The van der Waals surface area contributed by atoms with Crippen LogP contribution in [0.15, 0.2) is 24.3 Å². The molecule has 1 amide bonds. The summed E-state index contributed by atoms with van der Waals surface area (Å²) < 4.78 is 10.1. The highest BCUT2D eigenvalue weighted by Crippen LogP contribution is 2.08. The predicted molar refractivity (Wildman–Crippen MR) is 75.4 cm³/mol. The molecule has 0 bridgehead atoms. The highest BCUT2D eigenvalue weighted by molar-refractivity contribution is 5.92. The van der Waals surface area contributed by atoms with Gasteiger partial charge in [0.25, 0.3) is 0 Å². The number of amides is 1.